The molecule has 1 aliphatic rings. The SMILES string of the molecule is CNC(Cn1ccnc1C(C)C)(C(N)=O)C1CC1. The van der Waals surface area contributed by atoms with Crippen LogP contribution in [0.2, 0.25) is 0 Å². The second-order valence-electron chi connectivity index (χ2n) is 5.43. The minimum Gasteiger partial charge on any atom is -0.368 e. The van der Waals surface area contributed by atoms with Crippen LogP contribution in [0.1, 0.15) is 38.4 Å². The number of aromatic nitrogens is 2. The number of rotatable bonds is 6. The standard InChI is InChI=1S/C13H22N4O/c1-9(2)11-16-6-7-17(11)8-13(15-3,12(14)18)10-4-5-10/h6-7,9-10,15H,4-5,8H2,1-3H3,(H2,14,18). The molecule has 0 bridgehead atoms. The average molecular weight is 250 g/mol. The van der Waals surface area contributed by atoms with Gasteiger partial charge in [0.2, 0.25) is 5.91 Å². The fourth-order valence-corrected chi connectivity index (χ4v) is 2.61. The minimum atomic E-state index is -0.635. The van der Waals surface area contributed by atoms with Crippen LogP contribution in [0, 0.1) is 5.92 Å². The second-order valence-corrected chi connectivity index (χ2v) is 5.43. The Labute approximate surface area is 108 Å². The molecule has 1 heterocycles. The van der Waals surface area contributed by atoms with Gasteiger partial charge >= 0.3 is 0 Å². The number of imidazole rings is 1. The molecular formula is C13H22N4O. The van der Waals surface area contributed by atoms with Crippen LogP contribution in [0.4, 0.5) is 0 Å². The number of likely N-dealkylation sites (N-methyl/N-ethyl adjacent to an activating group) is 1. The number of nitrogens with one attached hydrogen (secondary N) is 1. The van der Waals surface area contributed by atoms with E-state index in [0.29, 0.717) is 18.4 Å². The third-order valence-electron chi connectivity index (χ3n) is 3.84. The Morgan fingerprint density at radius 3 is 2.78 bits per heavy atom. The summed E-state index contributed by atoms with van der Waals surface area (Å²) >= 11 is 0. The van der Waals surface area contributed by atoms with Gasteiger partial charge < -0.3 is 15.6 Å². The van der Waals surface area contributed by atoms with E-state index in [1.54, 1.807) is 6.20 Å². The number of hydrogen-bond donors (Lipinski definition) is 2. The van der Waals surface area contributed by atoms with Gasteiger partial charge in [0.1, 0.15) is 11.4 Å². The zero-order chi connectivity index (χ0) is 13.3. The molecule has 0 radical (unpaired) electrons. The summed E-state index contributed by atoms with van der Waals surface area (Å²) in [5.41, 5.74) is 5.00. The smallest absolute Gasteiger partial charge is 0.239 e. The summed E-state index contributed by atoms with van der Waals surface area (Å²) in [4.78, 5) is 16.2. The maximum absolute atomic E-state index is 11.9. The first-order valence-electron chi connectivity index (χ1n) is 6.51. The van der Waals surface area contributed by atoms with Gasteiger partial charge in [0.25, 0.3) is 0 Å². The fourth-order valence-electron chi connectivity index (χ4n) is 2.61. The molecule has 2 rings (SSSR count). The highest BCUT2D eigenvalue weighted by Gasteiger charge is 2.49. The molecule has 0 spiro atoms. The van der Waals surface area contributed by atoms with Gasteiger partial charge in [-0.15, -0.1) is 0 Å². The minimum absolute atomic E-state index is 0.268. The van der Waals surface area contributed by atoms with Gasteiger partial charge in [-0.3, -0.25) is 4.79 Å². The molecule has 5 nitrogen and oxygen atoms in total. The number of carbonyl (C=O) groups is 1. The maximum Gasteiger partial charge on any atom is 0.239 e. The van der Waals surface area contributed by atoms with Crippen molar-refractivity contribution in [3.63, 3.8) is 0 Å². The molecule has 0 saturated heterocycles. The van der Waals surface area contributed by atoms with Crippen molar-refractivity contribution in [2.24, 2.45) is 11.7 Å². The molecule has 1 fully saturated rings. The van der Waals surface area contributed by atoms with E-state index in [1.165, 1.54) is 0 Å². The Morgan fingerprint density at radius 1 is 1.67 bits per heavy atom. The lowest BCUT2D eigenvalue weighted by atomic mass is 9.92. The summed E-state index contributed by atoms with van der Waals surface area (Å²) in [6, 6.07) is 0. The zero-order valence-corrected chi connectivity index (χ0v) is 11.3. The number of amides is 1. The molecule has 3 N–H and O–H groups in total. The van der Waals surface area contributed by atoms with Crippen LogP contribution < -0.4 is 11.1 Å². The monoisotopic (exact) mass is 250 g/mol. The zero-order valence-electron chi connectivity index (χ0n) is 11.3. The lowest BCUT2D eigenvalue weighted by molar-refractivity contribution is -0.125. The van der Waals surface area contributed by atoms with Crippen LogP contribution in [0.5, 0.6) is 0 Å². The Balaban J connectivity index is 2.28. The molecule has 1 atom stereocenters. The quantitative estimate of drug-likeness (QED) is 0.786. The third-order valence-corrected chi connectivity index (χ3v) is 3.84. The molecule has 0 aromatic carbocycles. The summed E-state index contributed by atoms with van der Waals surface area (Å²) in [6.45, 7) is 4.76. The molecule has 100 valence electrons. The topological polar surface area (TPSA) is 72.9 Å². The summed E-state index contributed by atoms with van der Waals surface area (Å²) in [5, 5.41) is 3.16. The van der Waals surface area contributed by atoms with Crippen molar-refractivity contribution in [2.45, 2.75) is 44.7 Å². The van der Waals surface area contributed by atoms with Crippen molar-refractivity contribution in [2.75, 3.05) is 7.05 Å². The number of carbonyl (C=O) groups excluding carboxylic acids is 1. The van der Waals surface area contributed by atoms with Crippen LogP contribution in [-0.4, -0.2) is 28.0 Å². The first-order chi connectivity index (χ1) is 8.51. The van der Waals surface area contributed by atoms with Crippen LogP contribution in [0.25, 0.3) is 0 Å². The van der Waals surface area contributed by atoms with Gasteiger partial charge in [0.15, 0.2) is 0 Å². The number of nitrogens with two attached hydrogens (primary N) is 1. The number of primary amides is 1. The van der Waals surface area contributed by atoms with Crippen molar-refractivity contribution in [3.05, 3.63) is 18.2 Å². The predicted octanol–water partition coefficient (Wildman–Crippen LogP) is 0.860. The summed E-state index contributed by atoms with van der Waals surface area (Å²) in [6.07, 6.45) is 5.83. The van der Waals surface area contributed by atoms with E-state index in [9.17, 15) is 4.79 Å². The van der Waals surface area contributed by atoms with Crippen molar-refractivity contribution >= 4 is 5.91 Å². The number of nitrogens with zero attached hydrogens (tertiary/aromatic N) is 2. The van der Waals surface area contributed by atoms with E-state index in [-0.39, 0.29) is 5.91 Å². The predicted molar refractivity (Wildman–Crippen MR) is 70.0 cm³/mol. The van der Waals surface area contributed by atoms with Crippen molar-refractivity contribution in [1.29, 1.82) is 0 Å². The maximum atomic E-state index is 11.9. The van der Waals surface area contributed by atoms with Gasteiger partial charge in [-0.1, -0.05) is 13.8 Å². The summed E-state index contributed by atoms with van der Waals surface area (Å²) < 4.78 is 2.05. The molecule has 0 aliphatic heterocycles. The van der Waals surface area contributed by atoms with Gasteiger partial charge in [-0.05, 0) is 25.8 Å². The van der Waals surface area contributed by atoms with Crippen LogP contribution in [-0.2, 0) is 11.3 Å². The highest BCUT2D eigenvalue weighted by atomic mass is 16.1. The molecule has 1 amide bonds. The van der Waals surface area contributed by atoms with Crippen LogP contribution >= 0.6 is 0 Å². The van der Waals surface area contributed by atoms with Crippen molar-refractivity contribution in [3.8, 4) is 0 Å². The van der Waals surface area contributed by atoms with E-state index in [4.69, 9.17) is 5.73 Å². The van der Waals surface area contributed by atoms with Crippen LogP contribution in [0.3, 0.4) is 0 Å². The molecule has 1 aliphatic carbocycles. The van der Waals surface area contributed by atoms with Crippen molar-refractivity contribution in [1.82, 2.24) is 14.9 Å². The highest BCUT2D eigenvalue weighted by molar-refractivity contribution is 5.85. The van der Waals surface area contributed by atoms with Gasteiger partial charge in [0.05, 0.1) is 6.54 Å². The van der Waals surface area contributed by atoms with Gasteiger partial charge in [-0.2, -0.15) is 0 Å². The van der Waals surface area contributed by atoms with Crippen molar-refractivity contribution < 1.29 is 4.79 Å². The van der Waals surface area contributed by atoms with E-state index >= 15 is 0 Å². The Morgan fingerprint density at radius 2 is 2.33 bits per heavy atom. The lowest BCUT2D eigenvalue weighted by Crippen LogP contribution is -2.58. The molecule has 5 heteroatoms. The fraction of sp³-hybridized carbons (Fsp3) is 0.692. The molecule has 18 heavy (non-hydrogen) atoms. The Kier molecular flexibility index (Phi) is 3.43. The van der Waals surface area contributed by atoms with E-state index in [2.05, 4.69) is 24.1 Å². The molecular weight excluding hydrogens is 228 g/mol. The lowest BCUT2D eigenvalue weighted by Gasteiger charge is -2.31. The first-order valence-corrected chi connectivity index (χ1v) is 6.51. The Hall–Kier alpha value is -1.36. The second kappa shape index (κ2) is 4.72. The summed E-state index contributed by atoms with van der Waals surface area (Å²) in [7, 11) is 1.81. The van der Waals surface area contributed by atoms with Gasteiger partial charge in [-0.25, -0.2) is 4.98 Å². The normalized spacial score (nSPS) is 18.9. The summed E-state index contributed by atoms with van der Waals surface area (Å²) in [5.74, 6) is 1.41. The Bertz CT molecular complexity index is 436. The molecule has 1 aromatic rings. The van der Waals surface area contributed by atoms with Gasteiger partial charge in [0, 0.05) is 18.3 Å². The third kappa shape index (κ3) is 2.14. The first kappa shape index (κ1) is 13.1. The average Bonchev–Trinajstić information content (AvgIpc) is 3.05. The van der Waals surface area contributed by atoms with E-state index in [1.807, 2.05) is 17.8 Å². The highest BCUT2D eigenvalue weighted by Crippen LogP contribution is 2.40. The van der Waals surface area contributed by atoms with E-state index < -0.39 is 5.54 Å². The molecule has 1 unspecified atom stereocenters. The largest absolute Gasteiger partial charge is 0.368 e. The number of hydrogen-bond acceptors (Lipinski definition) is 3. The molecule has 1 aromatic heterocycles. The van der Waals surface area contributed by atoms with E-state index in [0.717, 1.165) is 18.7 Å². The van der Waals surface area contributed by atoms with Crippen LogP contribution in [0.15, 0.2) is 12.4 Å². The molecule has 1 saturated carbocycles.